The van der Waals surface area contributed by atoms with E-state index in [2.05, 4.69) is 37.6 Å². The maximum atomic E-state index is 3.80. The van der Waals surface area contributed by atoms with Crippen LogP contribution in [0.4, 0.5) is 0 Å². The summed E-state index contributed by atoms with van der Waals surface area (Å²) in [6, 6.07) is 0. The summed E-state index contributed by atoms with van der Waals surface area (Å²) in [6.45, 7) is 10.1. The van der Waals surface area contributed by atoms with Crippen LogP contribution >= 0.6 is 0 Å². The maximum Gasteiger partial charge on any atom is 0.0528 e. The third kappa shape index (κ3) is 3.71. The minimum Gasteiger partial charge on any atom is -0.193 e. The third-order valence-corrected chi connectivity index (χ3v) is 1.40. The van der Waals surface area contributed by atoms with Crippen LogP contribution in [0.15, 0.2) is 34.7 Å². The Kier molecular flexibility index (Phi) is 3.72. The number of nitrogens with zero attached hydrogens (tertiary/aromatic N) is 2. The van der Waals surface area contributed by atoms with E-state index in [0.29, 0.717) is 0 Å². The van der Waals surface area contributed by atoms with Gasteiger partial charge in [-0.3, -0.25) is 0 Å². The first-order chi connectivity index (χ1) is 5.02. The fourth-order valence-electron chi connectivity index (χ4n) is 0.672. The van der Waals surface area contributed by atoms with Crippen molar-refractivity contribution in [1.82, 2.24) is 0 Å². The Morgan fingerprint density at radius 2 is 1.91 bits per heavy atom. The van der Waals surface area contributed by atoms with Crippen LogP contribution in [0.25, 0.3) is 0 Å². The molecule has 0 unspecified atom stereocenters. The molecule has 0 N–H and O–H groups in total. The van der Waals surface area contributed by atoms with Gasteiger partial charge in [0.05, 0.1) is 6.20 Å². The van der Waals surface area contributed by atoms with E-state index in [-0.39, 0.29) is 5.41 Å². The second kappa shape index (κ2) is 4.06. The van der Waals surface area contributed by atoms with Gasteiger partial charge >= 0.3 is 0 Å². The highest BCUT2D eigenvalue weighted by Gasteiger charge is 2.13. The summed E-state index contributed by atoms with van der Waals surface area (Å²) >= 11 is 0. The van der Waals surface area contributed by atoms with Crippen LogP contribution in [0.1, 0.15) is 20.8 Å². The molecule has 2 heteroatoms. The lowest BCUT2D eigenvalue weighted by atomic mass is 9.87. The summed E-state index contributed by atoms with van der Waals surface area (Å²) in [6.07, 6.45) is 3.56. The second-order valence-corrected chi connectivity index (χ2v) is 3.35. The summed E-state index contributed by atoms with van der Waals surface area (Å²) in [5, 5.41) is 7.44. The molecular formula is C9H16N2. The zero-order chi connectivity index (χ0) is 8.91. The molecular weight excluding hydrogens is 136 g/mol. The van der Waals surface area contributed by atoms with E-state index in [1.165, 1.54) is 0 Å². The van der Waals surface area contributed by atoms with Crippen molar-refractivity contribution in [3.05, 3.63) is 24.4 Å². The predicted octanol–water partition coefficient (Wildman–Crippen LogP) is 3.18. The molecule has 0 heterocycles. The van der Waals surface area contributed by atoms with E-state index in [1.807, 2.05) is 6.08 Å². The molecule has 0 aliphatic heterocycles. The van der Waals surface area contributed by atoms with Gasteiger partial charge in [-0.2, -0.15) is 10.2 Å². The topological polar surface area (TPSA) is 24.7 Å². The molecule has 0 aromatic rings. The number of rotatable bonds is 2. The van der Waals surface area contributed by atoms with Gasteiger partial charge in [0.25, 0.3) is 0 Å². The number of azo groups is 1. The first-order valence-electron chi connectivity index (χ1n) is 3.64. The molecule has 0 aromatic heterocycles. The smallest absolute Gasteiger partial charge is 0.0528 e. The molecule has 0 spiro atoms. The lowest BCUT2D eigenvalue weighted by Crippen LogP contribution is -2.06. The fraction of sp³-hybridized carbons (Fsp3) is 0.556. The largest absolute Gasteiger partial charge is 0.193 e. The van der Waals surface area contributed by atoms with Crippen molar-refractivity contribution in [2.45, 2.75) is 20.8 Å². The highest BCUT2D eigenvalue weighted by molar-refractivity contribution is 5.21. The van der Waals surface area contributed by atoms with Gasteiger partial charge in [0.1, 0.15) is 0 Å². The van der Waals surface area contributed by atoms with Crippen LogP contribution in [0, 0.1) is 5.41 Å². The molecule has 2 nitrogen and oxygen atoms in total. The Hall–Kier alpha value is -0.920. The molecule has 0 amide bonds. The Morgan fingerprint density at radius 3 is 2.18 bits per heavy atom. The second-order valence-electron chi connectivity index (χ2n) is 3.35. The Labute approximate surface area is 68.7 Å². The van der Waals surface area contributed by atoms with Crippen LogP contribution in [0.2, 0.25) is 0 Å². The van der Waals surface area contributed by atoms with Gasteiger partial charge in [-0.15, -0.1) is 0 Å². The van der Waals surface area contributed by atoms with Crippen molar-refractivity contribution in [2.75, 3.05) is 7.05 Å². The van der Waals surface area contributed by atoms with Gasteiger partial charge in [-0.05, 0) is 11.0 Å². The van der Waals surface area contributed by atoms with Gasteiger partial charge in [0.15, 0.2) is 0 Å². The maximum absolute atomic E-state index is 3.80. The standard InChI is InChI=1S/C9H16N2/c1-6-8(7-11-10-5)9(2,3)4/h6-7H,1H2,2-5H3/b8-7+,11-10-. The van der Waals surface area contributed by atoms with Crippen LogP contribution < -0.4 is 0 Å². The molecule has 62 valence electrons. The third-order valence-electron chi connectivity index (χ3n) is 1.40. The summed E-state index contributed by atoms with van der Waals surface area (Å²) < 4.78 is 0. The highest BCUT2D eigenvalue weighted by Crippen LogP contribution is 2.25. The van der Waals surface area contributed by atoms with Gasteiger partial charge in [-0.25, -0.2) is 0 Å². The molecule has 0 fully saturated rings. The van der Waals surface area contributed by atoms with Gasteiger partial charge in [0, 0.05) is 7.05 Å². The minimum absolute atomic E-state index is 0.107. The van der Waals surface area contributed by atoms with Crippen LogP contribution in [0.3, 0.4) is 0 Å². The summed E-state index contributed by atoms with van der Waals surface area (Å²) in [5.41, 5.74) is 1.21. The van der Waals surface area contributed by atoms with Crippen molar-refractivity contribution in [3.8, 4) is 0 Å². The highest BCUT2D eigenvalue weighted by atomic mass is 15.1. The van der Waals surface area contributed by atoms with Crippen LogP contribution in [0.5, 0.6) is 0 Å². The van der Waals surface area contributed by atoms with E-state index >= 15 is 0 Å². The van der Waals surface area contributed by atoms with Crippen molar-refractivity contribution in [2.24, 2.45) is 15.6 Å². The molecule has 0 rings (SSSR count). The van der Waals surface area contributed by atoms with Gasteiger partial charge in [0.2, 0.25) is 0 Å². The van der Waals surface area contributed by atoms with E-state index in [4.69, 9.17) is 0 Å². The molecule has 0 aliphatic carbocycles. The Bertz CT molecular complexity index is 182. The fourth-order valence-corrected chi connectivity index (χ4v) is 0.672. The average molecular weight is 152 g/mol. The number of allylic oxidation sites excluding steroid dienone is 2. The van der Waals surface area contributed by atoms with Crippen molar-refractivity contribution in [1.29, 1.82) is 0 Å². The predicted molar refractivity (Wildman–Crippen MR) is 48.5 cm³/mol. The quantitative estimate of drug-likeness (QED) is 0.429. The number of hydrogen-bond donors (Lipinski definition) is 0. The Morgan fingerprint density at radius 1 is 1.36 bits per heavy atom. The molecule has 0 saturated carbocycles. The van der Waals surface area contributed by atoms with Crippen molar-refractivity contribution in [3.63, 3.8) is 0 Å². The molecule has 11 heavy (non-hydrogen) atoms. The molecule has 0 atom stereocenters. The van der Waals surface area contributed by atoms with Crippen molar-refractivity contribution < 1.29 is 0 Å². The van der Waals surface area contributed by atoms with Crippen molar-refractivity contribution >= 4 is 0 Å². The molecule has 0 saturated heterocycles. The van der Waals surface area contributed by atoms with Crippen LogP contribution in [-0.2, 0) is 0 Å². The monoisotopic (exact) mass is 152 g/mol. The number of hydrogen-bond acceptors (Lipinski definition) is 2. The molecule has 0 aliphatic rings. The molecule has 0 bridgehead atoms. The summed E-state index contributed by atoms with van der Waals surface area (Å²) in [7, 11) is 1.65. The lowest BCUT2D eigenvalue weighted by Gasteiger charge is -2.18. The minimum atomic E-state index is 0.107. The van der Waals surface area contributed by atoms with E-state index in [1.54, 1.807) is 13.2 Å². The SMILES string of the molecule is C=C/C(=C\N=N/C)C(C)(C)C. The first kappa shape index (κ1) is 10.1. The lowest BCUT2D eigenvalue weighted by molar-refractivity contribution is 0.515. The zero-order valence-corrected chi connectivity index (χ0v) is 7.76. The average Bonchev–Trinajstić information content (AvgIpc) is 1.87. The first-order valence-corrected chi connectivity index (χ1v) is 3.64. The van der Waals surface area contributed by atoms with E-state index in [0.717, 1.165) is 5.57 Å². The van der Waals surface area contributed by atoms with E-state index in [9.17, 15) is 0 Å². The van der Waals surface area contributed by atoms with Gasteiger partial charge < -0.3 is 0 Å². The molecule has 0 radical (unpaired) electrons. The van der Waals surface area contributed by atoms with Gasteiger partial charge in [-0.1, -0.05) is 33.4 Å². The normalized spacial score (nSPS) is 14.0. The summed E-state index contributed by atoms with van der Waals surface area (Å²) in [5.74, 6) is 0. The Balaban J connectivity index is 4.53. The summed E-state index contributed by atoms with van der Waals surface area (Å²) in [4.78, 5) is 0. The van der Waals surface area contributed by atoms with Crippen LogP contribution in [-0.4, -0.2) is 7.05 Å². The molecule has 0 aromatic carbocycles. The zero-order valence-electron chi connectivity index (χ0n) is 7.76. The van der Waals surface area contributed by atoms with E-state index < -0.39 is 0 Å².